The Kier molecular flexibility index (Phi) is 5.46. The first-order valence-corrected chi connectivity index (χ1v) is 7.68. The fourth-order valence-corrected chi connectivity index (χ4v) is 2.28. The SMILES string of the molecule is CCN(CC)C(=O)c1cc(Nc2cccc(C(C)=O)c2)ccn1. The van der Waals surface area contributed by atoms with E-state index in [1.807, 2.05) is 26.0 Å². The highest BCUT2D eigenvalue weighted by Gasteiger charge is 2.14. The third kappa shape index (κ3) is 4.16. The summed E-state index contributed by atoms with van der Waals surface area (Å²) in [5.74, 6) is -0.0723. The van der Waals surface area contributed by atoms with Crippen molar-refractivity contribution in [2.75, 3.05) is 18.4 Å². The topological polar surface area (TPSA) is 62.3 Å². The van der Waals surface area contributed by atoms with Crippen LogP contribution in [-0.2, 0) is 0 Å². The van der Waals surface area contributed by atoms with Crippen LogP contribution in [0.4, 0.5) is 11.4 Å². The molecule has 0 aliphatic carbocycles. The van der Waals surface area contributed by atoms with E-state index in [9.17, 15) is 9.59 Å². The van der Waals surface area contributed by atoms with E-state index in [4.69, 9.17) is 0 Å². The number of Topliss-reactive ketones (excluding diaryl/α,β-unsaturated/α-hetero) is 1. The number of hydrogen-bond acceptors (Lipinski definition) is 4. The maximum Gasteiger partial charge on any atom is 0.272 e. The van der Waals surface area contributed by atoms with Gasteiger partial charge in [0.25, 0.3) is 5.91 Å². The Morgan fingerprint density at radius 2 is 1.78 bits per heavy atom. The molecule has 5 heteroatoms. The number of rotatable bonds is 6. The summed E-state index contributed by atoms with van der Waals surface area (Å²) in [6.45, 7) is 6.71. The summed E-state index contributed by atoms with van der Waals surface area (Å²) >= 11 is 0. The van der Waals surface area contributed by atoms with Crippen LogP contribution in [0, 0.1) is 0 Å². The molecule has 1 heterocycles. The van der Waals surface area contributed by atoms with Gasteiger partial charge >= 0.3 is 0 Å². The lowest BCUT2D eigenvalue weighted by Crippen LogP contribution is -2.31. The molecular weight excluding hydrogens is 290 g/mol. The summed E-state index contributed by atoms with van der Waals surface area (Å²) in [6.07, 6.45) is 1.61. The monoisotopic (exact) mass is 311 g/mol. The van der Waals surface area contributed by atoms with Crippen LogP contribution in [0.15, 0.2) is 42.6 Å². The molecule has 2 rings (SSSR count). The number of anilines is 2. The van der Waals surface area contributed by atoms with Gasteiger partial charge in [-0.1, -0.05) is 12.1 Å². The molecule has 0 atom stereocenters. The molecule has 0 aliphatic heterocycles. The Labute approximate surface area is 136 Å². The van der Waals surface area contributed by atoms with Gasteiger partial charge in [0.05, 0.1) is 0 Å². The second-order valence-electron chi connectivity index (χ2n) is 5.17. The van der Waals surface area contributed by atoms with Crippen LogP contribution in [0.1, 0.15) is 41.6 Å². The molecule has 0 saturated carbocycles. The quantitative estimate of drug-likeness (QED) is 0.829. The number of nitrogens with zero attached hydrogens (tertiary/aromatic N) is 2. The summed E-state index contributed by atoms with van der Waals surface area (Å²) in [6, 6.07) is 10.8. The Morgan fingerprint density at radius 3 is 2.43 bits per heavy atom. The zero-order chi connectivity index (χ0) is 16.8. The van der Waals surface area contributed by atoms with Crippen LogP contribution < -0.4 is 5.32 Å². The smallest absolute Gasteiger partial charge is 0.272 e. The van der Waals surface area contributed by atoms with Crippen LogP contribution in [0.2, 0.25) is 0 Å². The minimum atomic E-state index is -0.0869. The van der Waals surface area contributed by atoms with Gasteiger partial charge in [-0.15, -0.1) is 0 Å². The average Bonchev–Trinajstić information content (AvgIpc) is 2.56. The Bertz CT molecular complexity index is 709. The van der Waals surface area contributed by atoms with Gasteiger partial charge < -0.3 is 10.2 Å². The number of carbonyl (C=O) groups is 2. The average molecular weight is 311 g/mol. The van der Waals surface area contributed by atoms with E-state index in [-0.39, 0.29) is 11.7 Å². The molecular formula is C18H21N3O2. The molecule has 1 amide bonds. The van der Waals surface area contributed by atoms with Gasteiger partial charge in [0.1, 0.15) is 5.69 Å². The minimum absolute atomic E-state index is 0.0146. The molecule has 0 bridgehead atoms. The first-order chi connectivity index (χ1) is 11.0. The molecule has 1 aromatic heterocycles. The maximum atomic E-state index is 12.3. The third-order valence-electron chi connectivity index (χ3n) is 3.59. The lowest BCUT2D eigenvalue weighted by atomic mass is 10.1. The molecule has 5 nitrogen and oxygen atoms in total. The van der Waals surface area contributed by atoms with Gasteiger partial charge in [0.15, 0.2) is 5.78 Å². The van der Waals surface area contributed by atoms with E-state index in [2.05, 4.69) is 10.3 Å². The third-order valence-corrected chi connectivity index (χ3v) is 3.59. The van der Waals surface area contributed by atoms with Crippen molar-refractivity contribution in [3.05, 3.63) is 53.9 Å². The van der Waals surface area contributed by atoms with Gasteiger partial charge in [0.2, 0.25) is 0 Å². The lowest BCUT2D eigenvalue weighted by Gasteiger charge is -2.18. The first kappa shape index (κ1) is 16.7. The van der Waals surface area contributed by atoms with Gasteiger partial charge in [-0.2, -0.15) is 0 Å². The Balaban J connectivity index is 2.22. The Hall–Kier alpha value is -2.69. The van der Waals surface area contributed by atoms with Crippen LogP contribution in [0.3, 0.4) is 0 Å². The van der Waals surface area contributed by atoms with Gasteiger partial charge in [-0.05, 0) is 45.0 Å². The summed E-state index contributed by atoms with van der Waals surface area (Å²) < 4.78 is 0. The number of aromatic nitrogens is 1. The molecule has 0 unspecified atom stereocenters. The van der Waals surface area contributed by atoms with Crippen molar-refractivity contribution in [1.82, 2.24) is 9.88 Å². The zero-order valence-electron chi connectivity index (χ0n) is 13.7. The van der Waals surface area contributed by atoms with E-state index >= 15 is 0 Å². The summed E-state index contributed by atoms with van der Waals surface area (Å²) in [5, 5.41) is 3.21. The minimum Gasteiger partial charge on any atom is -0.355 e. The molecule has 1 aromatic carbocycles. The van der Waals surface area contributed by atoms with E-state index in [1.165, 1.54) is 6.92 Å². The van der Waals surface area contributed by atoms with Crippen molar-refractivity contribution >= 4 is 23.1 Å². The fourth-order valence-electron chi connectivity index (χ4n) is 2.28. The van der Waals surface area contributed by atoms with Crippen LogP contribution in [-0.4, -0.2) is 34.7 Å². The van der Waals surface area contributed by atoms with E-state index in [0.717, 1.165) is 11.4 Å². The molecule has 0 spiro atoms. The van der Waals surface area contributed by atoms with Crippen LogP contribution >= 0.6 is 0 Å². The zero-order valence-corrected chi connectivity index (χ0v) is 13.7. The van der Waals surface area contributed by atoms with E-state index in [1.54, 1.807) is 35.4 Å². The number of nitrogens with one attached hydrogen (secondary N) is 1. The highest BCUT2D eigenvalue weighted by atomic mass is 16.2. The normalized spacial score (nSPS) is 10.2. The molecule has 23 heavy (non-hydrogen) atoms. The highest BCUT2D eigenvalue weighted by molar-refractivity contribution is 5.95. The lowest BCUT2D eigenvalue weighted by molar-refractivity contribution is 0.0767. The van der Waals surface area contributed by atoms with Gasteiger partial charge in [-0.25, -0.2) is 0 Å². The van der Waals surface area contributed by atoms with Gasteiger partial charge in [-0.3, -0.25) is 14.6 Å². The van der Waals surface area contributed by atoms with Gasteiger partial charge in [0, 0.05) is 36.2 Å². The van der Waals surface area contributed by atoms with Crippen molar-refractivity contribution in [1.29, 1.82) is 0 Å². The Morgan fingerprint density at radius 1 is 1.09 bits per heavy atom. The van der Waals surface area contributed by atoms with Crippen molar-refractivity contribution in [2.24, 2.45) is 0 Å². The predicted octanol–water partition coefficient (Wildman–Crippen LogP) is 3.51. The largest absolute Gasteiger partial charge is 0.355 e. The number of benzene rings is 1. The van der Waals surface area contributed by atoms with Crippen molar-refractivity contribution in [3.63, 3.8) is 0 Å². The standard InChI is InChI=1S/C18H21N3O2/c1-4-21(5-2)18(23)17-12-16(9-10-19-17)20-15-8-6-7-14(11-15)13(3)22/h6-12H,4-5H2,1-3H3,(H,19,20). The predicted molar refractivity (Wildman–Crippen MR) is 91.2 cm³/mol. The summed E-state index contributed by atoms with van der Waals surface area (Å²) in [5.41, 5.74) is 2.60. The van der Waals surface area contributed by atoms with E-state index in [0.29, 0.717) is 24.3 Å². The van der Waals surface area contributed by atoms with Crippen LogP contribution in [0.25, 0.3) is 0 Å². The second kappa shape index (κ2) is 7.54. The number of hydrogen-bond donors (Lipinski definition) is 1. The molecule has 120 valence electrons. The number of carbonyl (C=O) groups excluding carboxylic acids is 2. The van der Waals surface area contributed by atoms with Crippen LogP contribution in [0.5, 0.6) is 0 Å². The fraction of sp³-hybridized carbons (Fsp3) is 0.278. The molecule has 0 radical (unpaired) electrons. The second-order valence-corrected chi connectivity index (χ2v) is 5.17. The maximum absolute atomic E-state index is 12.3. The molecule has 0 fully saturated rings. The number of ketones is 1. The summed E-state index contributed by atoms with van der Waals surface area (Å²) in [7, 11) is 0. The highest BCUT2D eigenvalue weighted by Crippen LogP contribution is 2.19. The molecule has 1 N–H and O–H groups in total. The number of pyridine rings is 1. The van der Waals surface area contributed by atoms with Crippen molar-refractivity contribution in [3.8, 4) is 0 Å². The number of amides is 1. The molecule has 0 aliphatic rings. The summed E-state index contributed by atoms with van der Waals surface area (Å²) in [4.78, 5) is 29.7. The molecule has 0 saturated heterocycles. The first-order valence-electron chi connectivity index (χ1n) is 7.68. The van der Waals surface area contributed by atoms with Crippen molar-refractivity contribution in [2.45, 2.75) is 20.8 Å². The van der Waals surface area contributed by atoms with E-state index < -0.39 is 0 Å². The molecule has 2 aromatic rings. The van der Waals surface area contributed by atoms with Crippen molar-refractivity contribution < 1.29 is 9.59 Å².